The van der Waals surface area contributed by atoms with Crippen molar-refractivity contribution in [1.82, 2.24) is 4.90 Å². The molecule has 0 aromatic rings. The van der Waals surface area contributed by atoms with Gasteiger partial charge in [0.1, 0.15) is 0 Å². The molecule has 0 bridgehead atoms. The number of aliphatic hydroxyl groups is 1. The van der Waals surface area contributed by atoms with Crippen LogP contribution in [0.2, 0.25) is 0 Å². The van der Waals surface area contributed by atoms with Crippen LogP contribution in [0.4, 0.5) is 0 Å². The number of hydrogen-bond donors (Lipinski definition) is 1. The Morgan fingerprint density at radius 3 is 2.42 bits per heavy atom. The standard InChI is InChI=1S/C17H35NO/c1-2-3-4-5-6-7-8-12-17-13-9-10-14-18(17)15-11-16-19/h17,19H,2-16H2,1H3. The first-order valence-electron chi connectivity index (χ1n) is 8.73. The molecule has 19 heavy (non-hydrogen) atoms. The molecule has 0 aliphatic carbocycles. The van der Waals surface area contributed by atoms with Gasteiger partial charge in [0.15, 0.2) is 0 Å². The molecule has 1 saturated heterocycles. The van der Waals surface area contributed by atoms with Crippen molar-refractivity contribution in [2.75, 3.05) is 19.7 Å². The molecule has 1 N–H and O–H groups in total. The minimum absolute atomic E-state index is 0.348. The van der Waals surface area contributed by atoms with Gasteiger partial charge in [0.25, 0.3) is 0 Å². The maximum Gasteiger partial charge on any atom is 0.0443 e. The van der Waals surface area contributed by atoms with Gasteiger partial charge in [-0.05, 0) is 32.2 Å². The maximum atomic E-state index is 8.97. The topological polar surface area (TPSA) is 23.5 Å². The van der Waals surface area contributed by atoms with Crippen LogP contribution in [-0.2, 0) is 0 Å². The average molecular weight is 269 g/mol. The molecule has 0 radical (unpaired) electrons. The highest BCUT2D eigenvalue weighted by atomic mass is 16.3. The normalized spacial score (nSPS) is 20.8. The minimum Gasteiger partial charge on any atom is -0.396 e. The van der Waals surface area contributed by atoms with Crippen LogP contribution in [0.3, 0.4) is 0 Å². The molecule has 1 heterocycles. The fourth-order valence-electron chi connectivity index (χ4n) is 3.29. The molecule has 0 spiro atoms. The molecule has 1 aliphatic rings. The number of aliphatic hydroxyl groups excluding tert-OH is 1. The van der Waals surface area contributed by atoms with Gasteiger partial charge in [-0.2, -0.15) is 0 Å². The number of likely N-dealkylation sites (tertiary alicyclic amines) is 1. The second-order valence-electron chi connectivity index (χ2n) is 6.17. The lowest BCUT2D eigenvalue weighted by molar-refractivity contribution is 0.126. The molecule has 0 aromatic carbocycles. The van der Waals surface area contributed by atoms with Crippen molar-refractivity contribution in [1.29, 1.82) is 0 Å². The van der Waals surface area contributed by atoms with Crippen molar-refractivity contribution in [3.8, 4) is 0 Å². The molecule has 114 valence electrons. The fourth-order valence-corrected chi connectivity index (χ4v) is 3.29. The van der Waals surface area contributed by atoms with E-state index in [4.69, 9.17) is 5.11 Å². The van der Waals surface area contributed by atoms with E-state index in [1.807, 2.05) is 0 Å². The number of piperidine rings is 1. The molecule has 1 atom stereocenters. The smallest absolute Gasteiger partial charge is 0.0443 e. The van der Waals surface area contributed by atoms with Crippen LogP contribution in [0, 0.1) is 0 Å². The highest BCUT2D eigenvalue weighted by molar-refractivity contribution is 4.76. The van der Waals surface area contributed by atoms with E-state index in [0.29, 0.717) is 6.61 Å². The molecule has 2 nitrogen and oxygen atoms in total. The Hall–Kier alpha value is -0.0800. The van der Waals surface area contributed by atoms with Gasteiger partial charge in [0.2, 0.25) is 0 Å². The van der Waals surface area contributed by atoms with Gasteiger partial charge in [-0.3, -0.25) is 0 Å². The quantitative estimate of drug-likeness (QED) is 0.563. The van der Waals surface area contributed by atoms with E-state index in [9.17, 15) is 0 Å². The summed E-state index contributed by atoms with van der Waals surface area (Å²) < 4.78 is 0. The Morgan fingerprint density at radius 1 is 0.947 bits per heavy atom. The number of hydrogen-bond acceptors (Lipinski definition) is 2. The first kappa shape index (κ1) is 17.0. The average Bonchev–Trinajstić information content (AvgIpc) is 2.45. The summed E-state index contributed by atoms with van der Waals surface area (Å²) in [7, 11) is 0. The Bertz CT molecular complexity index is 196. The number of nitrogens with zero attached hydrogens (tertiary/aromatic N) is 1. The summed E-state index contributed by atoms with van der Waals surface area (Å²) in [4.78, 5) is 2.64. The predicted octanol–water partition coefficient (Wildman–Crippen LogP) is 4.36. The van der Waals surface area contributed by atoms with Crippen LogP contribution < -0.4 is 0 Å². The second-order valence-corrected chi connectivity index (χ2v) is 6.17. The summed E-state index contributed by atoms with van der Waals surface area (Å²) in [5, 5.41) is 8.97. The van der Waals surface area contributed by atoms with Crippen molar-refractivity contribution in [3.05, 3.63) is 0 Å². The molecular formula is C17H35NO. The molecular weight excluding hydrogens is 234 g/mol. The zero-order valence-electron chi connectivity index (χ0n) is 13.1. The highest BCUT2D eigenvalue weighted by Crippen LogP contribution is 2.22. The van der Waals surface area contributed by atoms with E-state index in [-0.39, 0.29) is 0 Å². The van der Waals surface area contributed by atoms with Crippen LogP contribution in [-0.4, -0.2) is 35.7 Å². The lowest BCUT2D eigenvalue weighted by atomic mass is 9.96. The third kappa shape index (κ3) is 7.94. The number of unbranched alkanes of at least 4 members (excludes halogenated alkanes) is 6. The molecule has 1 rings (SSSR count). The summed E-state index contributed by atoms with van der Waals surface area (Å²) in [5.74, 6) is 0. The van der Waals surface area contributed by atoms with Crippen molar-refractivity contribution in [2.45, 2.75) is 90.0 Å². The van der Waals surface area contributed by atoms with E-state index in [1.54, 1.807) is 0 Å². The molecule has 1 unspecified atom stereocenters. The van der Waals surface area contributed by atoms with E-state index >= 15 is 0 Å². The van der Waals surface area contributed by atoms with Crippen LogP contribution in [0.5, 0.6) is 0 Å². The van der Waals surface area contributed by atoms with Crippen molar-refractivity contribution < 1.29 is 5.11 Å². The van der Waals surface area contributed by atoms with Gasteiger partial charge in [-0.1, -0.05) is 58.3 Å². The van der Waals surface area contributed by atoms with Crippen molar-refractivity contribution >= 4 is 0 Å². The summed E-state index contributed by atoms with van der Waals surface area (Å²) in [6.07, 6.45) is 16.4. The van der Waals surface area contributed by atoms with Crippen LogP contribution >= 0.6 is 0 Å². The Kier molecular flexibility index (Phi) is 10.5. The van der Waals surface area contributed by atoms with Gasteiger partial charge < -0.3 is 10.0 Å². The molecule has 2 heteroatoms. The highest BCUT2D eigenvalue weighted by Gasteiger charge is 2.20. The molecule has 0 saturated carbocycles. The molecule has 1 aliphatic heterocycles. The van der Waals surface area contributed by atoms with Crippen molar-refractivity contribution in [3.63, 3.8) is 0 Å². The maximum absolute atomic E-state index is 8.97. The van der Waals surface area contributed by atoms with E-state index in [2.05, 4.69) is 11.8 Å². The third-order valence-electron chi connectivity index (χ3n) is 4.49. The SMILES string of the molecule is CCCCCCCCCC1CCCCN1CCCO. The van der Waals surface area contributed by atoms with Gasteiger partial charge in [-0.15, -0.1) is 0 Å². The Labute approximate surface area is 120 Å². The van der Waals surface area contributed by atoms with Crippen LogP contribution in [0.15, 0.2) is 0 Å². The summed E-state index contributed by atoms with van der Waals surface area (Å²) >= 11 is 0. The molecule has 0 aromatic heterocycles. The van der Waals surface area contributed by atoms with Gasteiger partial charge in [0, 0.05) is 19.2 Å². The second kappa shape index (κ2) is 11.7. The zero-order valence-corrected chi connectivity index (χ0v) is 13.1. The van der Waals surface area contributed by atoms with Gasteiger partial charge in [0.05, 0.1) is 0 Å². The lowest BCUT2D eigenvalue weighted by Gasteiger charge is -2.35. The monoisotopic (exact) mass is 269 g/mol. The van der Waals surface area contributed by atoms with Gasteiger partial charge in [-0.25, -0.2) is 0 Å². The van der Waals surface area contributed by atoms with Gasteiger partial charge >= 0.3 is 0 Å². The first-order valence-corrected chi connectivity index (χ1v) is 8.73. The Morgan fingerprint density at radius 2 is 1.68 bits per heavy atom. The fraction of sp³-hybridized carbons (Fsp3) is 1.00. The minimum atomic E-state index is 0.348. The van der Waals surface area contributed by atoms with E-state index < -0.39 is 0 Å². The first-order chi connectivity index (χ1) is 9.38. The largest absolute Gasteiger partial charge is 0.396 e. The summed E-state index contributed by atoms with van der Waals surface area (Å²) in [6.45, 7) is 5.00. The predicted molar refractivity (Wildman–Crippen MR) is 83.5 cm³/mol. The van der Waals surface area contributed by atoms with E-state index in [0.717, 1.165) is 19.0 Å². The number of rotatable bonds is 11. The summed E-state index contributed by atoms with van der Waals surface area (Å²) in [5.41, 5.74) is 0. The van der Waals surface area contributed by atoms with Crippen molar-refractivity contribution in [2.24, 2.45) is 0 Å². The van der Waals surface area contributed by atoms with Crippen LogP contribution in [0.1, 0.15) is 84.0 Å². The van der Waals surface area contributed by atoms with E-state index in [1.165, 1.54) is 77.2 Å². The molecule has 1 fully saturated rings. The Balaban J connectivity index is 2.04. The lowest BCUT2D eigenvalue weighted by Crippen LogP contribution is -2.40. The zero-order chi connectivity index (χ0) is 13.8. The van der Waals surface area contributed by atoms with Crippen LogP contribution in [0.25, 0.3) is 0 Å². The molecule has 0 amide bonds. The summed E-state index contributed by atoms with van der Waals surface area (Å²) in [6, 6.07) is 0.816. The third-order valence-corrected chi connectivity index (χ3v) is 4.49.